The van der Waals surface area contributed by atoms with E-state index in [1.807, 2.05) is 0 Å². The average molecular weight is 372 g/mol. The smallest absolute Gasteiger partial charge is 0.253 e. The van der Waals surface area contributed by atoms with Crippen molar-refractivity contribution in [2.75, 3.05) is 23.8 Å². The summed E-state index contributed by atoms with van der Waals surface area (Å²) in [5.41, 5.74) is 1.51. The normalized spacial score (nSPS) is 16.5. The first-order valence-corrected chi connectivity index (χ1v) is 8.55. The largest absolute Gasteiger partial charge is 0.355 e. The van der Waals surface area contributed by atoms with Crippen LogP contribution in [0.15, 0.2) is 48.5 Å². The molecule has 1 heterocycles. The van der Waals surface area contributed by atoms with Gasteiger partial charge in [-0.2, -0.15) is 0 Å². The van der Waals surface area contributed by atoms with E-state index >= 15 is 0 Å². The summed E-state index contributed by atoms with van der Waals surface area (Å²) in [4.78, 5) is 38.4. The number of halogens is 1. The molecule has 2 aromatic rings. The predicted octanol–water partition coefficient (Wildman–Crippen LogP) is 2.69. The van der Waals surface area contributed by atoms with Crippen LogP contribution in [0.25, 0.3) is 0 Å². The number of amides is 3. The lowest BCUT2D eigenvalue weighted by atomic mass is 10.1. The summed E-state index contributed by atoms with van der Waals surface area (Å²) in [6.07, 6.45) is 0.122. The van der Waals surface area contributed by atoms with Crippen LogP contribution in [0.1, 0.15) is 16.8 Å². The fraction of sp³-hybridized carbons (Fsp3) is 0.211. The maximum absolute atomic E-state index is 12.6. The third-order valence-electron chi connectivity index (χ3n) is 4.29. The Hall–Kier alpha value is -2.86. The van der Waals surface area contributed by atoms with Gasteiger partial charge in [-0.1, -0.05) is 23.7 Å². The summed E-state index contributed by atoms with van der Waals surface area (Å²) in [7, 11) is 1.53. The molecular weight excluding hydrogens is 354 g/mol. The molecule has 1 saturated heterocycles. The Morgan fingerprint density at radius 2 is 1.81 bits per heavy atom. The minimum Gasteiger partial charge on any atom is -0.355 e. The number of rotatable bonds is 4. The second-order valence-electron chi connectivity index (χ2n) is 6.00. The van der Waals surface area contributed by atoms with E-state index in [0.29, 0.717) is 22.0 Å². The Labute approximate surface area is 156 Å². The third-order valence-corrected chi connectivity index (χ3v) is 4.54. The van der Waals surface area contributed by atoms with Crippen molar-refractivity contribution in [3.63, 3.8) is 0 Å². The number of anilines is 2. The first-order chi connectivity index (χ1) is 12.5. The van der Waals surface area contributed by atoms with Crippen LogP contribution in [0.2, 0.25) is 5.02 Å². The highest BCUT2D eigenvalue weighted by Crippen LogP contribution is 2.27. The van der Waals surface area contributed by atoms with Gasteiger partial charge in [0.25, 0.3) is 5.91 Å². The molecule has 134 valence electrons. The lowest BCUT2D eigenvalue weighted by molar-refractivity contribution is -0.122. The lowest BCUT2D eigenvalue weighted by Gasteiger charge is -2.17. The highest BCUT2D eigenvalue weighted by atomic mass is 35.5. The number of nitrogens with zero attached hydrogens (tertiary/aromatic N) is 1. The lowest BCUT2D eigenvalue weighted by Crippen LogP contribution is -2.29. The standard InChI is InChI=1S/C19H18ClN3O3/c1-21-19(26)15-4-2-3-5-16(15)22-18(25)12-10-17(24)23(11-12)14-8-6-13(20)7-9-14/h2-9,12H,10-11H2,1H3,(H,21,26)(H,22,25). The highest BCUT2D eigenvalue weighted by Gasteiger charge is 2.35. The maximum Gasteiger partial charge on any atom is 0.253 e. The number of para-hydroxylation sites is 1. The molecule has 1 atom stereocenters. The van der Waals surface area contributed by atoms with Crippen LogP contribution in [-0.2, 0) is 9.59 Å². The molecule has 0 aliphatic carbocycles. The van der Waals surface area contributed by atoms with E-state index in [-0.39, 0.29) is 30.7 Å². The topological polar surface area (TPSA) is 78.5 Å². The molecule has 6 nitrogen and oxygen atoms in total. The number of benzene rings is 2. The van der Waals surface area contributed by atoms with Crippen molar-refractivity contribution in [1.82, 2.24) is 5.32 Å². The number of nitrogens with one attached hydrogen (secondary N) is 2. The van der Waals surface area contributed by atoms with Crippen molar-refractivity contribution < 1.29 is 14.4 Å². The van der Waals surface area contributed by atoms with Gasteiger partial charge in [0.05, 0.1) is 17.2 Å². The minimum absolute atomic E-state index is 0.118. The molecule has 1 aliphatic heterocycles. The van der Waals surface area contributed by atoms with Crippen molar-refractivity contribution >= 4 is 40.7 Å². The number of carbonyl (C=O) groups is 3. The Balaban J connectivity index is 1.73. The van der Waals surface area contributed by atoms with Gasteiger partial charge in [-0.05, 0) is 36.4 Å². The van der Waals surface area contributed by atoms with Crippen molar-refractivity contribution in [3.05, 3.63) is 59.1 Å². The molecule has 0 aromatic heterocycles. The van der Waals surface area contributed by atoms with Gasteiger partial charge in [0.15, 0.2) is 0 Å². The van der Waals surface area contributed by atoms with Crippen molar-refractivity contribution in [1.29, 1.82) is 0 Å². The molecule has 0 saturated carbocycles. The summed E-state index contributed by atoms with van der Waals surface area (Å²) in [6.45, 7) is 0.286. The van der Waals surface area contributed by atoms with Crippen LogP contribution < -0.4 is 15.5 Å². The van der Waals surface area contributed by atoms with E-state index < -0.39 is 5.92 Å². The van der Waals surface area contributed by atoms with Gasteiger partial charge in [0.2, 0.25) is 11.8 Å². The Morgan fingerprint density at radius 1 is 1.12 bits per heavy atom. The summed E-state index contributed by atoms with van der Waals surface area (Å²) in [5.74, 6) is -1.18. The third kappa shape index (κ3) is 3.70. The molecule has 3 rings (SSSR count). The zero-order valence-corrected chi connectivity index (χ0v) is 14.9. The Morgan fingerprint density at radius 3 is 2.50 bits per heavy atom. The molecule has 0 spiro atoms. The van der Waals surface area contributed by atoms with Crippen LogP contribution in [0, 0.1) is 5.92 Å². The molecular formula is C19H18ClN3O3. The first-order valence-electron chi connectivity index (χ1n) is 8.17. The van der Waals surface area contributed by atoms with E-state index in [2.05, 4.69) is 10.6 Å². The Bertz CT molecular complexity index is 851. The number of carbonyl (C=O) groups excluding carboxylic acids is 3. The van der Waals surface area contributed by atoms with Gasteiger partial charge in [-0.3, -0.25) is 14.4 Å². The van der Waals surface area contributed by atoms with Gasteiger partial charge in [-0.25, -0.2) is 0 Å². The second-order valence-corrected chi connectivity index (χ2v) is 6.43. The van der Waals surface area contributed by atoms with Crippen molar-refractivity contribution in [2.24, 2.45) is 5.92 Å². The van der Waals surface area contributed by atoms with Gasteiger partial charge >= 0.3 is 0 Å². The second kappa shape index (κ2) is 7.58. The highest BCUT2D eigenvalue weighted by molar-refractivity contribution is 6.30. The van der Waals surface area contributed by atoms with Gasteiger partial charge in [-0.15, -0.1) is 0 Å². The SMILES string of the molecule is CNC(=O)c1ccccc1NC(=O)C1CC(=O)N(c2ccc(Cl)cc2)C1. The summed E-state index contributed by atoms with van der Waals surface area (Å²) in [6, 6.07) is 13.7. The number of hydrogen-bond acceptors (Lipinski definition) is 3. The van der Waals surface area contributed by atoms with Crippen LogP contribution >= 0.6 is 11.6 Å². The zero-order valence-electron chi connectivity index (χ0n) is 14.2. The zero-order chi connectivity index (χ0) is 18.7. The Kier molecular flexibility index (Phi) is 5.23. The fourth-order valence-electron chi connectivity index (χ4n) is 2.91. The van der Waals surface area contributed by atoms with Crippen LogP contribution in [0.3, 0.4) is 0 Å². The van der Waals surface area contributed by atoms with E-state index in [1.54, 1.807) is 53.4 Å². The number of hydrogen-bond donors (Lipinski definition) is 2. The van der Waals surface area contributed by atoms with Crippen LogP contribution in [0.4, 0.5) is 11.4 Å². The van der Waals surface area contributed by atoms with Crippen molar-refractivity contribution in [2.45, 2.75) is 6.42 Å². The molecule has 2 aromatic carbocycles. The van der Waals surface area contributed by atoms with E-state index in [9.17, 15) is 14.4 Å². The molecule has 1 fully saturated rings. The van der Waals surface area contributed by atoms with Crippen LogP contribution in [-0.4, -0.2) is 31.3 Å². The summed E-state index contributed by atoms with van der Waals surface area (Å²) < 4.78 is 0. The fourth-order valence-corrected chi connectivity index (χ4v) is 3.04. The molecule has 0 radical (unpaired) electrons. The van der Waals surface area contributed by atoms with E-state index in [0.717, 1.165) is 0 Å². The molecule has 1 aliphatic rings. The van der Waals surface area contributed by atoms with Gasteiger partial charge in [0, 0.05) is 30.7 Å². The maximum atomic E-state index is 12.6. The van der Waals surface area contributed by atoms with Gasteiger partial charge < -0.3 is 15.5 Å². The molecule has 2 N–H and O–H groups in total. The van der Waals surface area contributed by atoms with Crippen LogP contribution in [0.5, 0.6) is 0 Å². The molecule has 0 bridgehead atoms. The summed E-state index contributed by atoms with van der Waals surface area (Å²) >= 11 is 5.88. The van der Waals surface area contributed by atoms with Gasteiger partial charge in [0.1, 0.15) is 0 Å². The summed E-state index contributed by atoms with van der Waals surface area (Å²) in [5, 5.41) is 5.89. The monoisotopic (exact) mass is 371 g/mol. The molecule has 7 heteroatoms. The first kappa shape index (κ1) is 17.9. The predicted molar refractivity (Wildman–Crippen MR) is 100 cm³/mol. The average Bonchev–Trinajstić information content (AvgIpc) is 3.04. The van der Waals surface area contributed by atoms with E-state index in [1.165, 1.54) is 7.05 Å². The quantitative estimate of drug-likeness (QED) is 0.867. The van der Waals surface area contributed by atoms with Crippen molar-refractivity contribution in [3.8, 4) is 0 Å². The minimum atomic E-state index is -0.490. The molecule has 1 unspecified atom stereocenters. The molecule has 26 heavy (non-hydrogen) atoms. The van der Waals surface area contributed by atoms with E-state index in [4.69, 9.17) is 11.6 Å². The molecule has 3 amide bonds.